The summed E-state index contributed by atoms with van der Waals surface area (Å²) in [7, 11) is 0. The van der Waals surface area contributed by atoms with Crippen molar-refractivity contribution in [2.75, 3.05) is 16.4 Å². The van der Waals surface area contributed by atoms with Crippen LogP contribution in [0.5, 0.6) is 0 Å². The molecule has 0 fully saturated rings. The standard InChI is InChI=1S/C24H19F2N5O2S/c1-15(32)27-21-13-16(11-12-20(21)26)28-22(33)14-34-24-30-29-23(18-9-5-6-10-19(18)25)31(24)17-7-3-2-4-8-17/h2-13H,14H2,1H3,(H,27,32)(H,28,33). The van der Waals surface area contributed by atoms with Gasteiger partial charge in [0.15, 0.2) is 11.0 Å². The SMILES string of the molecule is CC(=O)Nc1cc(NC(=O)CSc2nnc(-c3ccccc3F)n2-c2ccccc2)ccc1F. The van der Waals surface area contributed by atoms with Gasteiger partial charge in [-0.1, -0.05) is 42.1 Å². The molecule has 0 aliphatic rings. The van der Waals surface area contributed by atoms with Gasteiger partial charge in [-0.05, 0) is 42.5 Å². The molecule has 0 aliphatic heterocycles. The number of aromatic nitrogens is 3. The Hall–Kier alpha value is -4.05. The minimum absolute atomic E-state index is 0.0312. The lowest BCUT2D eigenvalue weighted by Crippen LogP contribution is -2.15. The van der Waals surface area contributed by atoms with Gasteiger partial charge in [0.2, 0.25) is 11.8 Å². The largest absolute Gasteiger partial charge is 0.325 e. The van der Waals surface area contributed by atoms with Gasteiger partial charge in [-0.2, -0.15) is 0 Å². The highest BCUT2D eigenvalue weighted by Crippen LogP contribution is 2.29. The van der Waals surface area contributed by atoms with E-state index in [1.165, 1.54) is 25.1 Å². The van der Waals surface area contributed by atoms with E-state index in [0.29, 0.717) is 22.4 Å². The molecule has 2 amide bonds. The van der Waals surface area contributed by atoms with Crippen LogP contribution in [0.1, 0.15) is 6.92 Å². The van der Waals surface area contributed by atoms with Crippen LogP contribution in [0.25, 0.3) is 17.1 Å². The fourth-order valence-corrected chi connectivity index (χ4v) is 3.96. The molecule has 4 rings (SSSR count). The summed E-state index contributed by atoms with van der Waals surface area (Å²) in [4.78, 5) is 23.8. The van der Waals surface area contributed by atoms with Gasteiger partial charge in [0.25, 0.3) is 0 Å². The Morgan fingerprint density at radius 3 is 2.38 bits per heavy atom. The maximum atomic E-state index is 14.5. The summed E-state index contributed by atoms with van der Waals surface area (Å²) in [5, 5.41) is 13.8. The predicted molar refractivity (Wildman–Crippen MR) is 127 cm³/mol. The Bertz CT molecular complexity index is 1340. The fourth-order valence-electron chi connectivity index (χ4n) is 3.21. The third kappa shape index (κ3) is 5.29. The summed E-state index contributed by atoms with van der Waals surface area (Å²) in [5.41, 5.74) is 1.29. The number of carbonyl (C=O) groups is 2. The van der Waals surface area contributed by atoms with E-state index in [0.717, 1.165) is 17.8 Å². The van der Waals surface area contributed by atoms with E-state index in [1.54, 1.807) is 22.8 Å². The first kappa shape index (κ1) is 23.1. The predicted octanol–water partition coefficient (Wildman–Crippen LogP) is 4.90. The van der Waals surface area contributed by atoms with E-state index >= 15 is 0 Å². The zero-order valence-corrected chi connectivity index (χ0v) is 18.8. The lowest BCUT2D eigenvalue weighted by Gasteiger charge is -2.11. The molecule has 0 saturated carbocycles. The second-order valence-electron chi connectivity index (χ2n) is 7.17. The normalized spacial score (nSPS) is 10.7. The van der Waals surface area contributed by atoms with Crippen LogP contribution in [-0.4, -0.2) is 32.3 Å². The Morgan fingerprint density at radius 2 is 1.65 bits per heavy atom. The maximum absolute atomic E-state index is 14.5. The maximum Gasteiger partial charge on any atom is 0.234 e. The van der Waals surface area contributed by atoms with E-state index in [2.05, 4.69) is 20.8 Å². The monoisotopic (exact) mass is 479 g/mol. The number of amides is 2. The molecule has 0 radical (unpaired) electrons. The highest BCUT2D eigenvalue weighted by Gasteiger charge is 2.19. The summed E-state index contributed by atoms with van der Waals surface area (Å²) in [6, 6.07) is 19.3. The van der Waals surface area contributed by atoms with Gasteiger partial charge in [0.1, 0.15) is 11.6 Å². The van der Waals surface area contributed by atoms with Crippen LogP contribution in [0, 0.1) is 11.6 Å². The van der Waals surface area contributed by atoms with Crippen molar-refractivity contribution in [2.45, 2.75) is 12.1 Å². The van der Waals surface area contributed by atoms with E-state index in [-0.39, 0.29) is 22.9 Å². The number of hydrogen-bond donors (Lipinski definition) is 2. The van der Waals surface area contributed by atoms with Gasteiger partial charge in [0, 0.05) is 18.3 Å². The quantitative estimate of drug-likeness (QED) is 0.368. The summed E-state index contributed by atoms with van der Waals surface area (Å²) in [5.74, 6) is -1.57. The topological polar surface area (TPSA) is 88.9 Å². The third-order valence-corrected chi connectivity index (χ3v) is 5.58. The Morgan fingerprint density at radius 1 is 0.912 bits per heavy atom. The number of benzene rings is 3. The summed E-state index contributed by atoms with van der Waals surface area (Å²) in [6.45, 7) is 1.26. The Balaban J connectivity index is 1.55. The number of carbonyl (C=O) groups excluding carboxylic acids is 2. The van der Waals surface area contributed by atoms with E-state index in [4.69, 9.17) is 0 Å². The van der Waals surface area contributed by atoms with Crippen molar-refractivity contribution in [2.24, 2.45) is 0 Å². The van der Waals surface area contributed by atoms with Crippen molar-refractivity contribution in [1.29, 1.82) is 0 Å². The summed E-state index contributed by atoms with van der Waals surface area (Å²) >= 11 is 1.12. The first-order valence-corrected chi connectivity index (χ1v) is 11.2. The lowest BCUT2D eigenvalue weighted by molar-refractivity contribution is -0.114. The third-order valence-electron chi connectivity index (χ3n) is 4.66. The Kier molecular flexibility index (Phi) is 6.98. The first-order valence-electron chi connectivity index (χ1n) is 10.2. The Labute approximate surface area is 198 Å². The molecule has 0 spiro atoms. The van der Waals surface area contributed by atoms with Crippen LogP contribution in [0.2, 0.25) is 0 Å². The van der Waals surface area contributed by atoms with Gasteiger partial charge in [-0.3, -0.25) is 14.2 Å². The average molecular weight is 480 g/mol. The van der Waals surface area contributed by atoms with E-state index in [1.807, 2.05) is 30.3 Å². The van der Waals surface area contributed by atoms with Crippen LogP contribution in [0.3, 0.4) is 0 Å². The summed E-state index contributed by atoms with van der Waals surface area (Å²) < 4.78 is 30.0. The smallest absolute Gasteiger partial charge is 0.234 e. The van der Waals surface area contributed by atoms with Crippen LogP contribution in [0.4, 0.5) is 20.2 Å². The number of rotatable bonds is 7. The molecule has 1 aromatic heterocycles. The number of halogens is 2. The molecule has 3 aromatic carbocycles. The molecular formula is C24H19F2N5O2S. The van der Waals surface area contributed by atoms with Gasteiger partial charge in [-0.15, -0.1) is 10.2 Å². The zero-order valence-electron chi connectivity index (χ0n) is 18.0. The second-order valence-corrected chi connectivity index (χ2v) is 8.11. The summed E-state index contributed by atoms with van der Waals surface area (Å²) in [6.07, 6.45) is 0. The number of nitrogens with zero attached hydrogens (tertiary/aromatic N) is 3. The highest BCUT2D eigenvalue weighted by atomic mass is 32.2. The molecule has 0 bridgehead atoms. The molecule has 0 aliphatic carbocycles. The molecule has 7 nitrogen and oxygen atoms in total. The average Bonchev–Trinajstić information content (AvgIpc) is 3.24. The highest BCUT2D eigenvalue weighted by molar-refractivity contribution is 7.99. The van der Waals surface area contributed by atoms with Crippen LogP contribution < -0.4 is 10.6 Å². The van der Waals surface area contributed by atoms with Gasteiger partial charge < -0.3 is 10.6 Å². The molecule has 2 N–H and O–H groups in total. The minimum Gasteiger partial charge on any atom is -0.325 e. The molecular weight excluding hydrogens is 460 g/mol. The van der Waals surface area contributed by atoms with E-state index in [9.17, 15) is 18.4 Å². The molecule has 34 heavy (non-hydrogen) atoms. The fraction of sp³-hybridized carbons (Fsp3) is 0.0833. The molecule has 0 atom stereocenters. The minimum atomic E-state index is -0.612. The molecule has 4 aromatic rings. The van der Waals surface area contributed by atoms with Crippen LogP contribution in [-0.2, 0) is 9.59 Å². The number of thioether (sulfide) groups is 1. The molecule has 10 heteroatoms. The molecule has 0 saturated heterocycles. The zero-order chi connectivity index (χ0) is 24.1. The number of para-hydroxylation sites is 1. The van der Waals surface area contributed by atoms with Crippen molar-refractivity contribution >= 4 is 35.0 Å². The number of hydrogen-bond acceptors (Lipinski definition) is 5. The van der Waals surface area contributed by atoms with Gasteiger partial charge in [-0.25, -0.2) is 8.78 Å². The van der Waals surface area contributed by atoms with Crippen molar-refractivity contribution in [3.63, 3.8) is 0 Å². The van der Waals surface area contributed by atoms with Gasteiger partial charge in [0.05, 0.1) is 17.0 Å². The van der Waals surface area contributed by atoms with Crippen LogP contribution in [0.15, 0.2) is 78.0 Å². The molecule has 1 heterocycles. The molecule has 172 valence electrons. The van der Waals surface area contributed by atoms with Crippen LogP contribution >= 0.6 is 11.8 Å². The van der Waals surface area contributed by atoms with Gasteiger partial charge >= 0.3 is 0 Å². The molecule has 0 unspecified atom stereocenters. The van der Waals surface area contributed by atoms with Crippen molar-refractivity contribution in [1.82, 2.24) is 14.8 Å². The first-order chi connectivity index (χ1) is 16.4. The van der Waals surface area contributed by atoms with E-state index < -0.39 is 17.5 Å². The number of nitrogens with one attached hydrogen (secondary N) is 2. The lowest BCUT2D eigenvalue weighted by atomic mass is 10.2. The second kappa shape index (κ2) is 10.3. The van der Waals surface area contributed by atoms with Crippen molar-refractivity contribution in [3.8, 4) is 17.1 Å². The number of anilines is 2. The van der Waals surface area contributed by atoms with Crippen molar-refractivity contribution in [3.05, 3.63) is 84.4 Å². The van der Waals surface area contributed by atoms with Crippen molar-refractivity contribution < 1.29 is 18.4 Å².